The van der Waals surface area contributed by atoms with Crippen LogP contribution in [0, 0.1) is 0 Å². The minimum absolute atomic E-state index is 0.723. The van der Waals surface area contributed by atoms with E-state index in [4.69, 9.17) is 0 Å². The van der Waals surface area contributed by atoms with E-state index in [0.717, 1.165) is 27.8 Å². The zero-order valence-corrected chi connectivity index (χ0v) is 10.7. The summed E-state index contributed by atoms with van der Waals surface area (Å²) in [5, 5.41) is 12.3. The monoisotopic (exact) mass is 256 g/mol. The molecule has 0 saturated carbocycles. The van der Waals surface area contributed by atoms with Gasteiger partial charge in [0.1, 0.15) is 0 Å². The molecule has 3 aromatic rings. The Hall–Kier alpha value is -2.14. The molecule has 0 aliphatic heterocycles. The number of aromatic amines is 1. The van der Waals surface area contributed by atoms with E-state index in [2.05, 4.69) is 20.5 Å². The number of thiophene rings is 1. The van der Waals surface area contributed by atoms with Crippen molar-refractivity contribution >= 4 is 17.0 Å². The molecule has 4 nitrogen and oxygen atoms in total. The molecule has 0 amide bonds. The van der Waals surface area contributed by atoms with Gasteiger partial charge in [0.15, 0.2) is 11.6 Å². The standard InChI is InChI=1S/C13H12N4S/c1-14-10-6-4-9(5-7-10)12-15-13(17-16-12)11-3-2-8-18-11/h2-8,14H,1H3,(H,15,16,17). The third-order valence-electron chi connectivity index (χ3n) is 2.67. The van der Waals surface area contributed by atoms with E-state index in [9.17, 15) is 0 Å². The van der Waals surface area contributed by atoms with Crippen molar-refractivity contribution in [3.63, 3.8) is 0 Å². The number of anilines is 1. The lowest BCUT2D eigenvalue weighted by atomic mass is 10.2. The molecule has 1 aromatic carbocycles. The highest BCUT2D eigenvalue weighted by atomic mass is 32.1. The fraction of sp³-hybridized carbons (Fsp3) is 0.0769. The number of aromatic nitrogens is 3. The Morgan fingerprint density at radius 3 is 2.67 bits per heavy atom. The van der Waals surface area contributed by atoms with Gasteiger partial charge in [0.25, 0.3) is 0 Å². The second-order valence-electron chi connectivity index (χ2n) is 3.81. The van der Waals surface area contributed by atoms with Crippen LogP contribution in [0.4, 0.5) is 5.69 Å². The molecule has 0 saturated heterocycles. The zero-order chi connectivity index (χ0) is 12.4. The van der Waals surface area contributed by atoms with Crippen molar-refractivity contribution in [2.24, 2.45) is 0 Å². The van der Waals surface area contributed by atoms with Crippen molar-refractivity contribution in [2.75, 3.05) is 12.4 Å². The van der Waals surface area contributed by atoms with Crippen molar-refractivity contribution in [3.05, 3.63) is 41.8 Å². The topological polar surface area (TPSA) is 53.6 Å². The van der Waals surface area contributed by atoms with Gasteiger partial charge in [0.05, 0.1) is 4.88 Å². The van der Waals surface area contributed by atoms with E-state index in [1.165, 1.54) is 0 Å². The SMILES string of the molecule is CNc1ccc(-c2n[nH]c(-c3cccs3)n2)cc1. The first-order valence-electron chi connectivity index (χ1n) is 5.61. The molecule has 3 rings (SSSR count). The Morgan fingerprint density at radius 2 is 2.00 bits per heavy atom. The molecule has 18 heavy (non-hydrogen) atoms. The molecule has 0 radical (unpaired) electrons. The van der Waals surface area contributed by atoms with Gasteiger partial charge in [-0.25, -0.2) is 4.98 Å². The zero-order valence-electron chi connectivity index (χ0n) is 9.84. The highest BCUT2D eigenvalue weighted by Gasteiger charge is 2.07. The maximum Gasteiger partial charge on any atom is 0.181 e. The summed E-state index contributed by atoms with van der Waals surface area (Å²) in [6, 6.07) is 12.1. The largest absolute Gasteiger partial charge is 0.388 e. The number of hydrogen-bond donors (Lipinski definition) is 2. The van der Waals surface area contributed by atoms with Gasteiger partial charge < -0.3 is 5.32 Å². The van der Waals surface area contributed by atoms with Crippen molar-refractivity contribution in [1.82, 2.24) is 15.2 Å². The molecule has 2 N–H and O–H groups in total. The summed E-state index contributed by atoms with van der Waals surface area (Å²) in [6.07, 6.45) is 0. The van der Waals surface area contributed by atoms with E-state index >= 15 is 0 Å². The summed E-state index contributed by atoms with van der Waals surface area (Å²) in [5.41, 5.74) is 2.08. The molecular weight excluding hydrogens is 244 g/mol. The smallest absolute Gasteiger partial charge is 0.181 e. The van der Waals surface area contributed by atoms with Crippen LogP contribution in [0.5, 0.6) is 0 Å². The fourth-order valence-corrected chi connectivity index (χ4v) is 2.36. The molecular formula is C13H12N4S. The van der Waals surface area contributed by atoms with Gasteiger partial charge in [-0.2, -0.15) is 5.10 Å². The van der Waals surface area contributed by atoms with Crippen LogP contribution < -0.4 is 5.32 Å². The number of rotatable bonds is 3. The Morgan fingerprint density at radius 1 is 1.17 bits per heavy atom. The van der Waals surface area contributed by atoms with E-state index in [0.29, 0.717) is 0 Å². The number of hydrogen-bond acceptors (Lipinski definition) is 4. The van der Waals surface area contributed by atoms with Gasteiger partial charge >= 0.3 is 0 Å². The summed E-state index contributed by atoms with van der Waals surface area (Å²) in [6.45, 7) is 0. The fourth-order valence-electron chi connectivity index (χ4n) is 1.70. The van der Waals surface area contributed by atoms with Crippen LogP contribution in [-0.2, 0) is 0 Å². The summed E-state index contributed by atoms with van der Waals surface area (Å²) < 4.78 is 0. The van der Waals surface area contributed by atoms with Gasteiger partial charge in [0.2, 0.25) is 0 Å². The minimum atomic E-state index is 0.723. The van der Waals surface area contributed by atoms with Gasteiger partial charge in [-0.3, -0.25) is 5.10 Å². The van der Waals surface area contributed by atoms with Gasteiger partial charge in [-0.1, -0.05) is 6.07 Å². The summed E-state index contributed by atoms with van der Waals surface area (Å²) in [7, 11) is 1.90. The van der Waals surface area contributed by atoms with Crippen LogP contribution in [-0.4, -0.2) is 22.2 Å². The Bertz CT molecular complexity index is 625. The number of nitrogens with zero attached hydrogens (tertiary/aromatic N) is 2. The van der Waals surface area contributed by atoms with Crippen LogP contribution in [0.3, 0.4) is 0 Å². The Kier molecular flexibility index (Phi) is 2.82. The highest BCUT2D eigenvalue weighted by molar-refractivity contribution is 7.13. The Labute approximate surface area is 109 Å². The first-order valence-corrected chi connectivity index (χ1v) is 6.49. The summed E-state index contributed by atoms with van der Waals surface area (Å²) >= 11 is 1.65. The summed E-state index contributed by atoms with van der Waals surface area (Å²) in [4.78, 5) is 5.60. The van der Waals surface area contributed by atoms with Crippen LogP contribution in [0.15, 0.2) is 41.8 Å². The lowest BCUT2D eigenvalue weighted by molar-refractivity contribution is 1.10. The normalized spacial score (nSPS) is 10.5. The lowest BCUT2D eigenvalue weighted by Crippen LogP contribution is -1.87. The maximum absolute atomic E-state index is 4.50. The van der Waals surface area contributed by atoms with Crippen LogP contribution in [0.1, 0.15) is 0 Å². The second-order valence-corrected chi connectivity index (χ2v) is 4.76. The first-order chi connectivity index (χ1) is 8.86. The molecule has 2 heterocycles. The molecule has 90 valence electrons. The van der Waals surface area contributed by atoms with Crippen molar-refractivity contribution < 1.29 is 0 Å². The number of H-pyrrole nitrogens is 1. The molecule has 0 fully saturated rings. The first kappa shape index (κ1) is 11.0. The maximum atomic E-state index is 4.50. The molecule has 0 aliphatic rings. The highest BCUT2D eigenvalue weighted by Crippen LogP contribution is 2.24. The second kappa shape index (κ2) is 4.62. The van der Waals surface area contributed by atoms with Crippen molar-refractivity contribution in [3.8, 4) is 22.1 Å². The molecule has 0 bridgehead atoms. The molecule has 5 heteroatoms. The molecule has 0 spiro atoms. The Balaban J connectivity index is 1.92. The third kappa shape index (κ3) is 2.00. The van der Waals surface area contributed by atoms with Crippen molar-refractivity contribution in [1.29, 1.82) is 0 Å². The summed E-state index contributed by atoms with van der Waals surface area (Å²) in [5.74, 6) is 1.54. The molecule has 2 aromatic heterocycles. The van der Waals surface area contributed by atoms with E-state index < -0.39 is 0 Å². The van der Waals surface area contributed by atoms with Gasteiger partial charge in [-0.05, 0) is 35.7 Å². The minimum Gasteiger partial charge on any atom is -0.388 e. The van der Waals surface area contributed by atoms with Crippen LogP contribution in [0.25, 0.3) is 22.1 Å². The number of benzene rings is 1. The van der Waals surface area contributed by atoms with E-state index in [-0.39, 0.29) is 0 Å². The van der Waals surface area contributed by atoms with E-state index in [1.54, 1.807) is 11.3 Å². The predicted molar refractivity (Wildman–Crippen MR) is 74.7 cm³/mol. The van der Waals surface area contributed by atoms with Crippen LogP contribution >= 0.6 is 11.3 Å². The average molecular weight is 256 g/mol. The molecule has 0 aliphatic carbocycles. The van der Waals surface area contributed by atoms with Gasteiger partial charge in [0, 0.05) is 18.3 Å². The molecule has 0 unspecified atom stereocenters. The van der Waals surface area contributed by atoms with E-state index in [1.807, 2.05) is 48.8 Å². The molecule has 0 atom stereocenters. The number of nitrogens with one attached hydrogen (secondary N) is 2. The van der Waals surface area contributed by atoms with Gasteiger partial charge in [-0.15, -0.1) is 11.3 Å². The lowest BCUT2D eigenvalue weighted by Gasteiger charge is -1.99. The quantitative estimate of drug-likeness (QED) is 0.756. The van der Waals surface area contributed by atoms with Crippen LogP contribution in [0.2, 0.25) is 0 Å². The third-order valence-corrected chi connectivity index (χ3v) is 3.55. The van der Waals surface area contributed by atoms with Crippen molar-refractivity contribution in [2.45, 2.75) is 0 Å². The average Bonchev–Trinajstić information content (AvgIpc) is 3.09. The predicted octanol–water partition coefficient (Wildman–Crippen LogP) is 3.24.